The molecule has 134 valence electrons. The molecule has 2 amide bonds. The molecule has 1 aliphatic heterocycles. The van der Waals surface area contributed by atoms with Crippen LogP contribution in [0.5, 0.6) is 11.5 Å². The lowest BCUT2D eigenvalue weighted by Gasteiger charge is -2.20. The van der Waals surface area contributed by atoms with Gasteiger partial charge in [-0.15, -0.1) is 0 Å². The Morgan fingerprint density at radius 2 is 1.73 bits per heavy atom. The molecule has 2 N–H and O–H groups in total. The van der Waals surface area contributed by atoms with Gasteiger partial charge in [0, 0.05) is 11.8 Å². The zero-order valence-corrected chi connectivity index (χ0v) is 14.5. The number of benzene rings is 2. The maximum atomic E-state index is 12.7. The third kappa shape index (κ3) is 2.98. The van der Waals surface area contributed by atoms with Gasteiger partial charge >= 0.3 is 0 Å². The summed E-state index contributed by atoms with van der Waals surface area (Å²) in [7, 11) is 0. The molecule has 1 saturated carbocycles. The van der Waals surface area contributed by atoms with Crippen molar-refractivity contribution in [3.63, 3.8) is 0 Å². The van der Waals surface area contributed by atoms with Crippen LogP contribution in [0.2, 0.25) is 0 Å². The fraction of sp³-hybridized carbons (Fsp3) is 0.300. The summed E-state index contributed by atoms with van der Waals surface area (Å²) < 4.78 is 10.6. The Labute approximate surface area is 151 Å². The lowest BCUT2D eigenvalue weighted by atomic mass is 10.0. The van der Waals surface area contributed by atoms with E-state index in [1.54, 1.807) is 18.2 Å². The second kappa shape index (κ2) is 6.37. The number of anilines is 1. The van der Waals surface area contributed by atoms with Gasteiger partial charge in [0.2, 0.25) is 18.6 Å². The summed E-state index contributed by atoms with van der Waals surface area (Å²) in [5, 5.41) is 5.80. The molecule has 0 aromatic heterocycles. The highest BCUT2D eigenvalue weighted by atomic mass is 16.7. The maximum absolute atomic E-state index is 12.7. The Hall–Kier alpha value is -3.02. The van der Waals surface area contributed by atoms with Crippen molar-refractivity contribution in [3.05, 3.63) is 54.1 Å². The molecule has 1 unspecified atom stereocenters. The number of ether oxygens (including phenoxy) is 2. The van der Waals surface area contributed by atoms with E-state index < -0.39 is 5.41 Å². The number of nitrogens with one attached hydrogen (secondary N) is 2. The second-order valence-corrected chi connectivity index (χ2v) is 6.71. The summed E-state index contributed by atoms with van der Waals surface area (Å²) in [6.07, 6.45) is 1.10. The predicted molar refractivity (Wildman–Crippen MR) is 95.9 cm³/mol. The van der Waals surface area contributed by atoms with Gasteiger partial charge < -0.3 is 20.1 Å². The molecule has 2 aliphatic rings. The highest BCUT2D eigenvalue weighted by molar-refractivity contribution is 6.13. The van der Waals surface area contributed by atoms with Crippen LogP contribution in [0.3, 0.4) is 0 Å². The van der Waals surface area contributed by atoms with Crippen LogP contribution in [0.15, 0.2) is 48.5 Å². The lowest BCUT2D eigenvalue weighted by Crippen LogP contribution is -2.41. The molecule has 6 heteroatoms. The molecule has 26 heavy (non-hydrogen) atoms. The zero-order valence-electron chi connectivity index (χ0n) is 14.5. The molecule has 1 heterocycles. The average Bonchev–Trinajstić information content (AvgIpc) is 3.35. The first-order valence-corrected chi connectivity index (χ1v) is 8.65. The van der Waals surface area contributed by atoms with Crippen molar-refractivity contribution in [1.82, 2.24) is 5.32 Å². The van der Waals surface area contributed by atoms with Crippen molar-refractivity contribution in [2.75, 3.05) is 12.1 Å². The summed E-state index contributed by atoms with van der Waals surface area (Å²) in [6.45, 7) is 2.09. The number of carbonyl (C=O) groups excluding carboxylic acids is 2. The highest BCUT2D eigenvalue weighted by Gasteiger charge is 2.56. The van der Waals surface area contributed by atoms with Crippen LogP contribution in [0.25, 0.3) is 0 Å². The molecule has 0 saturated heterocycles. The molecule has 0 bridgehead atoms. The van der Waals surface area contributed by atoms with Gasteiger partial charge in [0.15, 0.2) is 11.5 Å². The Morgan fingerprint density at radius 1 is 1.00 bits per heavy atom. The smallest absolute Gasteiger partial charge is 0.240 e. The van der Waals surface area contributed by atoms with E-state index in [1.165, 1.54) is 0 Å². The van der Waals surface area contributed by atoms with Crippen molar-refractivity contribution in [3.8, 4) is 11.5 Å². The van der Waals surface area contributed by atoms with Crippen molar-refractivity contribution < 1.29 is 19.1 Å². The molecule has 1 fully saturated rings. The fourth-order valence-corrected chi connectivity index (χ4v) is 3.07. The van der Waals surface area contributed by atoms with Crippen LogP contribution in [0.1, 0.15) is 31.4 Å². The largest absolute Gasteiger partial charge is 0.454 e. The van der Waals surface area contributed by atoms with Crippen LogP contribution in [-0.2, 0) is 9.59 Å². The van der Waals surface area contributed by atoms with Gasteiger partial charge in [0.1, 0.15) is 5.41 Å². The first-order chi connectivity index (χ1) is 12.6. The van der Waals surface area contributed by atoms with Gasteiger partial charge in [-0.25, -0.2) is 0 Å². The van der Waals surface area contributed by atoms with E-state index in [-0.39, 0.29) is 24.6 Å². The van der Waals surface area contributed by atoms with Crippen molar-refractivity contribution in [1.29, 1.82) is 0 Å². The van der Waals surface area contributed by atoms with E-state index in [0.29, 0.717) is 30.0 Å². The van der Waals surface area contributed by atoms with Crippen molar-refractivity contribution in [2.24, 2.45) is 5.41 Å². The minimum Gasteiger partial charge on any atom is -0.454 e. The summed E-state index contributed by atoms with van der Waals surface area (Å²) >= 11 is 0. The van der Waals surface area contributed by atoms with Gasteiger partial charge in [0.05, 0.1) is 6.04 Å². The first-order valence-electron chi connectivity index (χ1n) is 8.65. The molecule has 0 spiro atoms. The average molecular weight is 352 g/mol. The number of hydrogen-bond acceptors (Lipinski definition) is 4. The van der Waals surface area contributed by atoms with E-state index in [0.717, 1.165) is 5.56 Å². The van der Waals surface area contributed by atoms with Gasteiger partial charge in [0.25, 0.3) is 0 Å². The topological polar surface area (TPSA) is 76.7 Å². The highest BCUT2D eigenvalue weighted by Crippen LogP contribution is 2.47. The number of hydrogen-bond donors (Lipinski definition) is 2. The van der Waals surface area contributed by atoms with Crippen molar-refractivity contribution in [2.45, 2.75) is 25.8 Å². The van der Waals surface area contributed by atoms with Gasteiger partial charge in [-0.1, -0.05) is 30.3 Å². The van der Waals surface area contributed by atoms with Crippen LogP contribution in [-0.4, -0.2) is 18.6 Å². The van der Waals surface area contributed by atoms with E-state index in [4.69, 9.17) is 9.47 Å². The number of rotatable bonds is 5. The van der Waals surface area contributed by atoms with E-state index in [1.807, 2.05) is 37.3 Å². The second-order valence-electron chi connectivity index (χ2n) is 6.71. The van der Waals surface area contributed by atoms with Crippen LogP contribution >= 0.6 is 0 Å². The number of amides is 2. The lowest BCUT2D eigenvalue weighted by molar-refractivity contribution is -0.134. The molecule has 6 nitrogen and oxygen atoms in total. The van der Waals surface area contributed by atoms with E-state index >= 15 is 0 Å². The van der Waals surface area contributed by atoms with Crippen LogP contribution < -0.4 is 20.1 Å². The molecular weight excluding hydrogens is 332 g/mol. The summed E-state index contributed by atoms with van der Waals surface area (Å²) in [5.41, 5.74) is 0.613. The minimum absolute atomic E-state index is 0.153. The van der Waals surface area contributed by atoms with Crippen LogP contribution in [0, 0.1) is 5.41 Å². The van der Waals surface area contributed by atoms with E-state index in [2.05, 4.69) is 10.6 Å². The Balaban J connectivity index is 1.43. The molecule has 1 aliphatic carbocycles. The summed E-state index contributed by atoms with van der Waals surface area (Å²) in [6, 6.07) is 14.7. The normalized spacial score (nSPS) is 17.3. The zero-order chi connectivity index (χ0) is 18.1. The standard InChI is InChI=1S/C20H20N2O4/c1-13(14-5-3-2-4-6-14)21-18(23)20(9-10-20)19(24)22-15-7-8-16-17(11-15)26-12-25-16/h2-8,11,13H,9-10,12H2,1H3,(H,21,23)(H,22,24). The molecule has 0 radical (unpaired) electrons. The molecule has 2 aromatic rings. The maximum Gasteiger partial charge on any atom is 0.240 e. The Morgan fingerprint density at radius 3 is 2.46 bits per heavy atom. The fourth-order valence-electron chi connectivity index (χ4n) is 3.07. The summed E-state index contributed by atoms with van der Waals surface area (Å²) in [5.74, 6) is 0.731. The quantitative estimate of drug-likeness (QED) is 0.811. The first kappa shape index (κ1) is 16.4. The summed E-state index contributed by atoms with van der Waals surface area (Å²) in [4.78, 5) is 25.4. The third-order valence-electron chi connectivity index (χ3n) is 4.90. The molecule has 1 atom stereocenters. The Bertz CT molecular complexity index is 846. The minimum atomic E-state index is -0.987. The number of fused-ring (bicyclic) bond motifs is 1. The van der Waals surface area contributed by atoms with Crippen LogP contribution in [0.4, 0.5) is 5.69 Å². The SMILES string of the molecule is CC(NC(=O)C1(C(=O)Nc2ccc3c(c2)OCO3)CC1)c1ccccc1. The van der Waals surface area contributed by atoms with E-state index in [9.17, 15) is 9.59 Å². The third-order valence-corrected chi connectivity index (χ3v) is 4.90. The van der Waals surface area contributed by atoms with Gasteiger partial charge in [-0.05, 0) is 37.5 Å². The van der Waals surface area contributed by atoms with Gasteiger partial charge in [-0.3, -0.25) is 9.59 Å². The molecular formula is C20H20N2O4. The molecule has 2 aromatic carbocycles. The molecule has 4 rings (SSSR count). The van der Waals surface area contributed by atoms with Gasteiger partial charge in [-0.2, -0.15) is 0 Å². The predicted octanol–water partition coefficient (Wildman–Crippen LogP) is 3.01. The monoisotopic (exact) mass is 352 g/mol. The van der Waals surface area contributed by atoms with Crippen molar-refractivity contribution >= 4 is 17.5 Å². The number of carbonyl (C=O) groups is 2. The Kier molecular flexibility index (Phi) is 4.03.